The van der Waals surface area contributed by atoms with Gasteiger partial charge in [0, 0.05) is 14.6 Å². The van der Waals surface area contributed by atoms with Gasteiger partial charge < -0.3 is 0 Å². The van der Waals surface area contributed by atoms with Crippen molar-refractivity contribution in [1.82, 2.24) is 0 Å². The zero-order chi connectivity index (χ0) is 14.8. The smallest absolute Gasteiger partial charge is 0.263 e. The number of hydrogen-bond donors (Lipinski definition) is 1. The predicted octanol–water partition coefficient (Wildman–Crippen LogP) is 4.57. The minimum Gasteiger partial charge on any atom is -0.280 e. The quantitative estimate of drug-likeness (QED) is 0.789. The van der Waals surface area contributed by atoms with Crippen LogP contribution in [0.25, 0.3) is 0 Å². The lowest BCUT2D eigenvalue weighted by molar-refractivity contribution is 0.600. The van der Waals surface area contributed by atoms with Crippen molar-refractivity contribution in [3.63, 3.8) is 0 Å². The van der Waals surface area contributed by atoms with Crippen LogP contribution in [0, 0.1) is 0 Å². The standard InChI is InChI=1S/C14H13Br2NO2S/c1-2-10-3-6-12(7-4-10)17-20(18,19)14-9-11(15)5-8-13(14)16/h3-9,17H,2H2,1H3. The molecule has 6 heteroatoms. The number of sulfonamides is 1. The normalized spacial score (nSPS) is 11.3. The van der Waals surface area contributed by atoms with Crippen molar-refractivity contribution in [3.05, 3.63) is 57.0 Å². The van der Waals surface area contributed by atoms with Gasteiger partial charge in [0.2, 0.25) is 0 Å². The van der Waals surface area contributed by atoms with E-state index in [-0.39, 0.29) is 4.90 Å². The second kappa shape index (κ2) is 6.28. The van der Waals surface area contributed by atoms with Gasteiger partial charge in [0.25, 0.3) is 10.0 Å². The molecule has 2 aromatic carbocycles. The van der Waals surface area contributed by atoms with E-state index in [9.17, 15) is 8.42 Å². The SMILES string of the molecule is CCc1ccc(NS(=O)(=O)c2cc(Br)ccc2Br)cc1. The lowest BCUT2D eigenvalue weighted by Gasteiger charge is -2.10. The highest BCUT2D eigenvalue weighted by Gasteiger charge is 2.18. The second-order valence-corrected chi connectivity index (χ2v) is 7.65. The molecule has 1 N–H and O–H groups in total. The van der Waals surface area contributed by atoms with E-state index in [1.54, 1.807) is 30.3 Å². The van der Waals surface area contributed by atoms with Crippen LogP contribution in [0.5, 0.6) is 0 Å². The van der Waals surface area contributed by atoms with E-state index in [0.29, 0.717) is 14.6 Å². The minimum absolute atomic E-state index is 0.200. The van der Waals surface area contributed by atoms with E-state index in [1.165, 1.54) is 0 Å². The van der Waals surface area contributed by atoms with Crippen LogP contribution in [0.15, 0.2) is 56.3 Å². The van der Waals surface area contributed by atoms with Crippen molar-refractivity contribution in [3.8, 4) is 0 Å². The van der Waals surface area contributed by atoms with Crippen LogP contribution in [0.2, 0.25) is 0 Å². The summed E-state index contributed by atoms with van der Waals surface area (Å²) in [5, 5.41) is 0. The third-order valence-corrected chi connectivity index (χ3v) is 5.67. The Morgan fingerprint density at radius 1 is 1.05 bits per heavy atom. The monoisotopic (exact) mass is 417 g/mol. The summed E-state index contributed by atoms with van der Waals surface area (Å²) in [5.41, 5.74) is 1.71. The molecule has 0 aliphatic heterocycles. The van der Waals surface area contributed by atoms with Crippen LogP contribution < -0.4 is 4.72 Å². The molecule has 0 heterocycles. The zero-order valence-corrected chi connectivity index (χ0v) is 14.7. The van der Waals surface area contributed by atoms with Gasteiger partial charge in [0.05, 0.1) is 0 Å². The molecule has 2 rings (SSSR count). The number of hydrogen-bond acceptors (Lipinski definition) is 2. The van der Waals surface area contributed by atoms with Crippen molar-refractivity contribution in [2.75, 3.05) is 4.72 Å². The average molecular weight is 419 g/mol. The molecule has 0 aliphatic carbocycles. The number of nitrogens with one attached hydrogen (secondary N) is 1. The Morgan fingerprint density at radius 2 is 1.70 bits per heavy atom. The van der Waals surface area contributed by atoms with Gasteiger partial charge in [-0.05, 0) is 58.2 Å². The summed E-state index contributed by atoms with van der Waals surface area (Å²) < 4.78 is 28.5. The molecule has 0 aliphatic rings. The highest BCUT2D eigenvalue weighted by molar-refractivity contribution is 9.11. The third kappa shape index (κ3) is 3.62. The number of rotatable bonds is 4. The van der Waals surface area contributed by atoms with E-state index in [1.807, 2.05) is 12.1 Å². The Hall–Kier alpha value is -0.850. The Balaban J connectivity index is 2.32. The first-order chi connectivity index (χ1) is 9.42. The maximum atomic E-state index is 12.4. The van der Waals surface area contributed by atoms with Crippen molar-refractivity contribution < 1.29 is 8.42 Å². The summed E-state index contributed by atoms with van der Waals surface area (Å²) in [6, 6.07) is 12.4. The number of benzene rings is 2. The maximum Gasteiger partial charge on any atom is 0.263 e. The first-order valence-electron chi connectivity index (χ1n) is 5.99. The van der Waals surface area contributed by atoms with Crippen molar-refractivity contribution in [1.29, 1.82) is 0 Å². The predicted molar refractivity (Wildman–Crippen MR) is 88.5 cm³/mol. The van der Waals surface area contributed by atoms with Crippen LogP contribution in [0.1, 0.15) is 12.5 Å². The molecule has 0 aromatic heterocycles. The summed E-state index contributed by atoms with van der Waals surface area (Å²) in [5.74, 6) is 0. The lowest BCUT2D eigenvalue weighted by Crippen LogP contribution is -2.13. The Morgan fingerprint density at radius 3 is 2.30 bits per heavy atom. The first-order valence-corrected chi connectivity index (χ1v) is 9.06. The molecule has 0 saturated carbocycles. The van der Waals surface area contributed by atoms with Crippen molar-refractivity contribution in [2.24, 2.45) is 0 Å². The van der Waals surface area contributed by atoms with E-state index in [2.05, 4.69) is 43.5 Å². The van der Waals surface area contributed by atoms with E-state index >= 15 is 0 Å². The lowest BCUT2D eigenvalue weighted by atomic mass is 10.2. The van der Waals surface area contributed by atoms with Gasteiger partial charge in [-0.2, -0.15) is 0 Å². The Kier molecular flexibility index (Phi) is 4.88. The van der Waals surface area contributed by atoms with Crippen molar-refractivity contribution >= 4 is 47.6 Å². The summed E-state index contributed by atoms with van der Waals surface area (Å²) in [4.78, 5) is 0.200. The molecular weight excluding hydrogens is 406 g/mol. The fourth-order valence-electron chi connectivity index (χ4n) is 1.70. The Bertz CT molecular complexity index is 712. The first kappa shape index (κ1) is 15.5. The van der Waals surface area contributed by atoms with Crippen LogP contribution in [-0.4, -0.2) is 8.42 Å². The number of anilines is 1. The summed E-state index contributed by atoms with van der Waals surface area (Å²) in [6.45, 7) is 2.05. The minimum atomic E-state index is -3.61. The van der Waals surface area contributed by atoms with E-state index in [4.69, 9.17) is 0 Å². The second-order valence-electron chi connectivity index (χ2n) is 4.23. The van der Waals surface area contributed by atoms with Crippen LogP contribution in [-0.2, 0) is 16.4 Å². The van der Waals surface area contributed by atoms with Gasteiger partial charge in [-0.3, -0.25) is 4.72 Å². The Labute approximate surface area is 135 Å². The van der Waals surface area contributed by atoms with Crippen LogP contribution >= 0.6 is 31.9 Å². The maximum absolute atomic E-state index is 12.4. The molecule has 0 bridgehead atoms. The molecule has 2 aromatic rings. The van der Waals surface area contributed by atoms with Gasteiger partial charge in [0.1, 0.15) is 4.90 Å². The molecule has 0 spiro atoms. The summed E-state index contributed by atoms with van der Waals surface area (Å²) in [6.07, 6.45) is 0.921. The van der Waals surface area contributed by atoms with Gasteiger partial charge in [-0.1, -0.05) is 35.0 Å². The number of halogens is 2. The number of aryl methyl sites for hydroxylation is 1. The third-order valence-electron chi connectivity index (χ3n) is 2.80. The fraction of sp³-hybridized carbons (Fsp3) is 0.143. The molecule has 0 atom stereocenters. The van der Waals surface area contributed by atoms with Crippen LogP contribution in [0.3, 0.4) is 0 Å². The van der Waals surface area contributed by atoms with Gasteiger partial charge >= 0.3 is 0 Å². The van der Waals surface area contributed by atoms with E-state index < -0.39 is 10.0 Å². The molecule has 0 unspecified atom stereocenters. The largest absolute Gasteiger partial charge is 0.280 e. The molecule has 20 heavy (non-hydrogen) atoms. The highest BCUT2D eigenvalue weighted by atomic mass is 79.9. The summed E-state index contributed by atoms with van der Waals surface area (Å²) >= 11 is 6.54. The van der Waals surface area contributed by atoms with Crippen LogP contribution in [0.4, 0.5) is 5.69 Å². The fourth-order valence-corrected chi connectivity index (χ4v) is 4.26. The van der Waals surface area contributed by atoms with E-state index in [0.717, 1.165) is 12.0 Å². The molecular formula is C14H13Br2NO2S. The topological polar surface area (TPSA) is 46.2 Å². The zero-order valence-electron chi connectivity index (χ0n) is 10.7. The molecule has 0 radical (unpaired) electrons. The highest BCUT2D eigenvalue weighted by Crippen LogP contribution is 2.27. The molecule has 106 valence electrons. The van der Waals surface area contributed by atoms with Gasteiger partial charge in [-0.25, -0.2) is 8.42 Å². The van der Waals surface area contributed by atoms with Gasteiger partial charge in [-0.15, -0.1) is 0 Å². The molecule has 3 nitrogen and oxygen atoms in total. The molecule has 0 amide bonds. The average Bonchev–Trinajstić information content (AvgIpc) is 2.42. The van der Waals surface area contributed by atoms with Gasteiger partial charge in [0.15, 0.2) is 0 Å². The van der Waals surface area contributed by atoms with Crippen molar-refractivity contribution in [2.45, 2.75) is 18.2 Å². The molecule has 0 saturated heterocycles. The molecule has 0 fully saturated rings. The summed E-state index contributed by atoms with van der Waals surface area (Å²) in [7, 11) is -3.61.